The second-order valence-electron chi connectivity index (χ2n) is 7.38. The Bertz CT molecular complexity index is 663. The molecule has 5 nitrogen and oxygen atoms in total. The van der Waals surface area contributed by atoms with Gasteiger partial charge < -0.3 is 10.3 Å². The monoisotopic (exact) mass is 326 g/mol. The minimum Gasteiger partial charge on any atom is -0.339 e. The molecule has 1 unspecified atom stereocenters. The van der Waals surface area contributed by atoms with Gasteiger partial charge in [-0.3, -0.25) is 4.90 Å². The molecule has 1 aliphatic carbocycles. The van der Waals surface area contributed by atoms with Crippen molar-refractivity contribution in [1.29, 1.82) is 0 Å². The zero-order valence-electron chi connectivity index (χ0n) is 14.2. The number of likely N-dealkylation sites (tertiary alicyclic amines) is 1. The van der Waals surface area contributed by atoms with Crippen molar-refractivity contribution in [3.05, 3.63) is 47.6 Å². The Labute approximate surface area is 143 Å². The van der Waals surface area contributed by atoms with E-state index in [1.807, 2.05) is 0 Å². The van der Waals surface area contributed by atoms with Crippen LogP contribution in [0.4, 0.5) is 0 Å². The highest BCUT2D eigenvalue weighted by Crippen LogP contribution is 2.36. The molecule has 1 aromatic heterocycles. The third-order valence-electron chi connectivity index (χ3n) is 5.49. The van der Waals surface area contributed by atoms with Gasteiger partial charge in [0.05, 0.1) is 11.5 Å². The highest BCUT2D eigenvalue weighted by Gasteiger charge is 2.37. The second kappa shape index (κ2) is 6.65. The summed E-state index contributed by atoms with van der Waals surface area (Å²) >= 11 is 0. The van der Waals surface area contributed by atoms with Crippen LogP contribution in [0.15, 0.2) is 34.9 Å². The molecule has 24 heavy (non-hydrogen) atoms. The van der Waals surface area contributed by atoms with Crippen LogP contribution in [0.25, 0.3) is 0 Å². The Kier molecular flexibility index (Phi) is 4.37. The summed E-state index contributed by atoms with van der Waals surface area (Å²) in [5.74, 6) is 1.82. The maximum absolute atomic E-state index is 6.46. The normalized spacial score (nSPS) is 24.3. The fourth-order valence-corrected chi connectivity index (χ4v) is 4.08. The van der Waals surface area contributed by atoms with Crippen LogP contribution in [0.1, 0.15) is 61.7 Å². The Balaban J connectivity index is 1.43. The van der Waals surface area contributed by atoms with Crippen LogP contribution >= 0.6 is 0 Å². The highest BCUT2D eigenvalue weighted by atomic mass is 16.5. The van der Waals surface area contributed by atoms with Gasteiger partial charge in [-0.05, 0) is 37.8 Å². The minimum atomic E-state index is -0.361. The molecule has 4 rings (SSSR count). The summed E-state index contributed by atoms with van der Waals surface area (Å²) in [4.78, 5) is 7.19. The van der Waals surface area contributed by atoms with Crippen LogP contribution in [0.5, 0.6) is 0 Å². The van der Waals surface area contributed by atoms with Gasteiger partial charge in [0.15, 0.2) is 5.82 Å². The van der Waals surface area contributed by atoms with E-state index in [1.54, 1.807) is 0 Å². The third kappa shape index (κ3) is 3.23. The van der Waals surface area contributed by atoms with E-state index in [1.165, 1.54) is 12.0 Å². The van der Waals surface area contributed by atoms with Crippen LogP contribution in [0.3, 0.4) is 0 Å². The van der Waals surface area contributed by atoms with Gasteiger partial charge >= 0.3 is 0 Å². The van der Waals surface area contributed by atoms with Crippen LogP contribution in [0, 0.1) is 0 Å². The molecule has 2 aliphatic rings. The molecule has 0 spiro atoms. The van der Waals surface area contributed by atoms with E-state index in [0.29, 0.717) is 5.92 Å². The molecular weight excluding hydrogens is 300 g/mol. The van der Waals surface area contributed by atoms with E-state index >= 15 is 0 Å². The lowest BCUT2D eigenvalue weighted by atomic mass is 9.96. The lowest BCUT2D eigenvalue weighted by molar-refractivity contribution is 0.180. The summed E-state index contributed by atoms with van der Waals surface area (Å²) in [6.45, 7) is 3.10. The van der Waals surface area contributed by atoms with E-state index in [0.717, 1.165) is 63.5 Å². The van der Waals surface area contributed by atoms with Crippen LogP contribution in [-0.2, 0) is 12.1 Å². The number of nitrogens with zero attached hydrogens (tertiary/aromatic N) is 3. The molecule has 1 aromatic carbocycles. The molecule has 5 heteroatoms. The van der Waals surface area contributed by atoms with Crippen molar-refractivity contribution in [1.82, 2.24) is 15.0 Å². The molecular formula is C19H26N4O. The third-order valence-corrected chi connectivity index (χ3v) is 5.49. The van der Waals surface area contributed by atoms with Crippen molar-refractivity contribution < 1.29 is 4.52 Å². The fourth-order valence-electron chi connectivity index (χ4n) is 4.08. The van der Waals surface area contributed by atoms with Crippen molar-refractivity contribution in [2.45, 2.75) is 56.5 Å². The van der Waals surface area contributed by atoms with E-state index in [2.05, 4.69) is 40.4 Å². The summed E-state index contributed by atoms with van der Waals surface area (Å²) in [7, 11) is 0. The first-order chi connectivity index (χ1) is 11.7. The SMILES string of the molecule is NC1(c2noc(C3CCCN(Cc4ccccc4)C3)n2)CCCC1. The Hall–Kier alpha value is -1.72. The summed E-state index contributed by atoms with van der Waals surface area (Å²) in [5.41, 5.74) is 7.45. The standard InChI is InChI=1S/C19H26N4O/c20-19(10-4-5-11-19)18-21-17(24-22-18)16-9-6-12-23(14-16)13-15-7-2-1-3-8-15/h1-3,7-8,16H,4-6,9-14,20H2. The van der Waals surface area contributed by atoms with Crippen LogP contribution < -0.4 is 5.73 Å². The lowest BCUT2D eigenvalue weighted by Crippen LogP contribution is -2.35. The predicted octanol–water partition coefficient (Wildman–Crippen LogP) is 3.18. The summed E-state index contributed by atoms with van der Waals surface area (Å²) < 4.78 is 5.61. The van der Waals surface area contributed by atoms with Gasteiger partial charge in [-0.15, -0.1) is 0 Å². The molecule has 0 radical (unpaired) electrons. The number of hydrogen-bond donors (Lipinski definition) is 1. The average molecular weight is 326 g/mol. The van der Waals surface area contributed by atoms with Gasteiger partial charge in [0, 0.05) is 13.1 Å². The number of aromatic nitrogens is 2. The second-order valence-corrected chi connectivity index (χ2v) is 7.38. The molecule has 2 heterocycles. The highest BCUT2D eigenvalue weighted by molar-refractivity contribution is 5.15. The van der Waals surface area contributed by atoms with Crippen LogP contribution in [0.2, 0.25) is 0 Å². The maximum atomic E-state index is 6.46. The largest absolute Gasteiger partial charge is 0.339 e. The predicted molar refractivity (Wildman–Crippen MR) is 92.3 cm³/mol. The topological polar surface area (TPSA) is 68.2 Å². The quantitative estimate of drug-likeness (QED) is 0.934. The summed E-state index contributed by atoms with van der Waals surface area (Å²) in [6, 6.07) is 10.6. The molecule has 1 aliphatic heterocycles. The maximum Gasteiger partial charge on any atom is 0.231 e. The van der Waals surface area contributed by atoms with Crippen molar-refractivity contribution in [2.75, 3.05) is 13.1 Å². The van der Waals surface area contributed by atoms with Crippen molar-refractivity contribution in [2.24, 2.45) is 5.73 Å². The Morgan fingerprint density at radius 2 is 1.96 bits per heavy atom. The smallest absolute Gasteiger partial charge is 0.231 e. The Morgan fingerprint density at radius 3 is 2.75 bits per heavy atom. The molecule has 0 amide bonds. The molecule has 0 bridgehead atoms. The minimum absolute atomic E-state index is 0.328. The first kappa shape index (κ1) is 15.8. The zero-order valence-corrected chi connectivity index (χ0v) is 14.2. The van der Waals surface area contributed by atoms with E-state index in [-0.39, 0.29) is 5.54 Å². The number of benzene rings is 1. The van der Waals surface area contributed by atoms with Gasteiger partial charge in [0.25, 0.3) is 0 Å². The van der Waals surface area contributed by atoms with Crippen molar-refractivity contribution in [3.63, 3.8) is 0 Å². The molecule has 2 fully saturated rings. The van der Waals surface area contributed by atoms with Crippen LogP contribution in [-0.4, -0.2) is 28.1 Å². The number of rotatable bonds is 4. The molecule has 2 N–H and O–H groups in total. The molecule has 1 atom stereocenters. The van der Waals surface area contributed by atoms with Gasteiger partial charge in [-0.1, -0.05) is 48.3 Å². The van der Waals surface area contributed by atoms with Crippen molar-refractivity contribution >= 4 is 0 Å². The zero-order chi connectivity index (χ0) is 16.4. The lowest BCUT2D eigenvalue weighted by Gasteiger charge is -2.31. The summed E-state index contributed by atoms with van der Waals surface area (Å²) in [5, 5.41) is 4.22. The molecule has 1 saturated carbocycles. The van der Waals surface area contributed by atoms with Gasteiger partial charge in [0.2, 0.25) is 5.89 Å². The van der Waals surface area contributed by atoms with Crippen molar-refractivity contribution in [3.8, 4) is 0 Å². The first-order valence-electron chi connectivity index (χ1n) is 9.12. The molecule has 128 valence electrons. The number of nitrogens with two attached hydrogens (primary N) is 1. The average Bonchev–Trinajstić information content (AvgIpc) is 3.26. The van der Waals surface area contributed by atoms with Gasteiger partial charge in [-0.2, -0.15) is 4.98 Å². The number of piperidine rings is 1. The van der Waals surface area contributed by atoms with E-state index in [4.69, 9.17) is 15.2 Å². The molecule has 1 saturated heterocycles. The van der Waals surface area contributed by atoms with Gasteiger partial charge in [-0.25, -0.2) is 0 Å². The number of hydrogen-bond acceptors (Lipinski definition) is 5. The van der Waals surface area contributed by atoms with Gasteiger partial charge in [0.1, 0.15) is 0 Å². The summed E-state index contributed by atoms with van der Waals surface area (Å²) in [6.07, 6.45) is 6.55. The Morgan fingerprint density at radius 1 is 1.17 bits per heavy atom. The molecule has 2 aromatic rings. The van der Waals surface area contributed by atoms with E-state index < -0.39 is 0 Å². The van der Waals surface area contributed by atoms with E-state index in [9.17, 15) is 0 Å². The fraction of sp³-hybridized carbons (Fsp3) is 0.579. The first-order valence-corrected chi connectivity index (χ1v) is 9.12.